The van der Waals surface area contributed by atoms with Crippen LogP contribution in [0.1, 0.15) is 17.5 Å². The van der Waals surface area contributed by atoms with E-state index in [1.54, 1.807) is 12.1 Å². The zero-order chi connectivity index (χ0) is 15.6. The summed E-state index contributed by atoms with van der Waals surface area (Å²) in [4.78, 5) is 4.79. The van der Waals surface area contributed by atoms with Gasteiger partial charge in [-0.1, -0.05) is 12.1 Å². The fourth-order valence-electron chi connectivity index (χ4n) is 3.25. The Bertz CT molecular complexity index is 483. The lowest BCUT2D eigenvalue weighted by Crippen LogP contribution is -2.44. The average molecular weight is 314 g/mol. The van der Waals surface area contributed by atoms with Crippen LogP contribution in [-0.4, -0.2) is 55.2 Å². The predicted molar refractivity (Wildman–Crippen MR) is 77.5 cm³/mol. The second-order valence-corrected chi connectivity index (χ2v) is 6.02. The molecule has 0 saturated carbocycles. The molecule has 2 fully saturated rings. The molecule has 0 unspecified atom stereocenters. The summed E-state index contributed by atoms with van der Waals surface area (Å²) in [6.45, 7) is 6.28. The molecule has 0 aromatic heterocycles. The van der Waals surface area contributed by atoms with Crippen molar-refractivity contribution in [2.24, 2.45) is 0 Å². The first kappa shape index (κ1) is 15.8. The minimum Gasteiger partial charge on any atom is -0.379 e. The van der Waals surface area contributed by atoms with Gasteiger partial charge in [0, 0.05) is 38.8 Å². The Labute approximate surface area is 128 Å². The van der Waals surface area contributed by atoms with Crippen molar-refractivity contribution in [1.82, 2.24) is 9.80 Å². The Balaban J connectivity index is 1.53. The van der Waals surface area contributed by atoms with Crippen LogP contribution in [0.4, 0.5) is 13.2 Å². The summed E-state index contributed by atoms with van der Waals surface area (Å²) in [5.41, 5.74) is 0.361. The highest BCUT2D eigenvalue weighted by Crippen LogP contribution is 2.29. The minimum absolute atomic E-state index is 0.554. The molecular weight excluding hydrogens is 293 g/mol. The minimum atomic E-state index is -4.26. The van der Waals surface area contributed by atoms with Crippen molar-refractivity contribution in [3.05, 3.63) is 35.4 Å². The number of hydrogen-bond donors (Lipinski definition) is 0. The number of benzene rings is 1. The number of ether oxygens (including phenoxy) is 1. The number of hydrogen-bond acceptors (Lipinski definition) is 3. The van der Waals surface area contributed by atoms with Crippen LogP contribution in [-0.2, 0) is 17.5 Å². The van der Waals surface area contributed by atoms with Gasteiger partial charge in [-0.3, -0.25) is 9.80 Å². The molecule has 0 amide bonds. The number of rotatable bonds is 3. The van der Waals surface area contributed by atoms with Crippen LogP contribution in [0.3, 0.4) is 0 Å². The zero-order valence-electron chi connectivity index (χ0n) is 12.5. The van der Waals surface area contributed by atoms with E-state index in [1.807, 2.05) is 0 Å². The van der Waals surface area contributed by atoms with Crippen molar-refractivity contribution < 1.29 is 17.9 Å². The fourth-order valence-corrected chi connectivity index (χ4v) is 3.25. The van der Waals surface area contributed by atoms with Gasteiger partial charge in [-0.25, -0.2) is 0 Å². The highest BCUT2D eigenvalue weighted by Gasteiger charge is 2.31. The lowest BCUT2D eigenvalue weighted by atomic mass is 10.1. The van der Waals surface area contributed by atoms with Gasteiger partial charge >= 0.3 is 6.18 Å². The van der Waals surface area contributed by atoms with Gasteiger partial charge in [-0.05, 0) is 24.1 Å². The van der Waals surface area contributed by atoms with E-state index >= 15 is 0 Å². The SMILES string of the molecule is FC(F)(F)c1ccc(CN2CC[C@H](N3CCOCC3)C2)cc1. The Morgan fingerprint density at radius 1 is 1.05 bits per heavy atom. The number of morpholine rings is 1. The maximum absolute atomic E-state index is 12.6. The number of alkyl halides is 3. The summed E-state index contributed by atoms with van der Waals surface area (Å²) in [6.07, 6.45) is -3.13. The first-order valence-electron chi connectivity index (χ1n) is 7.73. The fraction of sp³-hybridized carbons (Fsp3) is 0.625. The van der Waals surface area contributed by atoms with Crippen molar-refractivity contribution in [3.63, 3.8) is 0 Å². The van der Waals surface area contributed by atoms with E-state index in [0.29, 0.717) is 6.04 Å². The molecule has 0 N–H and O–H groups in total. The van der Waals surface area contributed by atoms with Crippen molar-refractivity contribution in [2.75, 3.05) is 39.4 Å². The third-order valence-electron chi connectivity index (χ3n) is 4.50. The van der Waals surface area contributed by atoms with Gasteiger partial charge < -0.3 is 4.74 Å². The molecule has 0 aliphatic carbocycles. The molecule has 122 valence electrons. The molecule has 0 bridgehead atoms. The number of nitrogens with zero attached hydrogens (tertiary/aromatic N) is 2. The monoisotopic (exact) mass is 314 g/mol. The molecule has 1 aromatic carbocycles. The molecule has 0 radical (unpaired) electrons. The maximum atomic E-state index is 12.6. The van der Waals surface area contributed by atoms with Crippen molar-refractivity contribution in [1.29, 1.82) is 0 Å². The van der Waals surface area contributed by atoms with Crippen LogP contribution >= 0.6 is 0 Å². The van der Waals surface area contributed by atoms with Crippen LogP contribution in [0.2, 0.25) is 0 Å². The Kier molecular flexibility index (Phi) is 4.70. The topological polar surface area (TPSA) is 15.7 Å². The summed E-state index contributed by atoms with van der Waals surface area (Å²) >= 11 is 0. The van der Waals surface area contributed by atoms with Crippen LogP contribution in [0.15, 0.2) is 24.3 Å². The van der Waals surface area contributed by atoms with Gasteiger partial charge in [0.1, 0.15) is 0 Å². The molecule has 3 rings (SSSR count). The largest absolute Gasteiger partial charge is 0.416 e. The van der Waals surface area contributed by atoms with Crippen molar-refractivity contribution in [3.8, 4) is 0 Å². The van der Waals surface area contributed by atoms with E-state index < -0.39 is 11.7 Å². The van der Waals surface area contributed by atoms with Crippen molar-refractivity contribution >= 4 is 0 Å². The summed E-state index contributed by atoms with van der Waals surface area (Å²) < 4.78 is 43.0. The van der Waals surface area contributed by atoms with Gasteiger partial charge in [0.05, 0.1) is 18.8 Å². The molecule has 2 saturated heterocycles. The summed E-state index contributed by atoms with van der Waals surface area (Å²) in [5, 5.41) is 0. The van der Waals surface area contributed by atoms with Crippen LogP contribution in [0.5, 0.6) is 0 Å². The summed E-state index contributed by atoms with van der Waals surface area (Å²) in [6, 6.07) is 6.07. The highest BCUT2D eigenvalue weighted by molar-refractivity contribution is 5.24. The van der Waals surface area contributed by atoms with E-state index in [0.717, 1.165) is 57.9 Å². The molecule has 1 atom stereocenters. The van der Waals surface area contributed by atoms with Gasteiger partial charge in [-0.15, -0.1) is 0 Å². The average Bonchev–Trinajstić information content (AvgIpc) is 2.96. The predicted octanol–water partition coefficient (Wildman–Crippen LogP) is 2.61. The number of likely N-dealkylation sites (tertiary alicyclic amines) is 1. The molecule has 2 aliphatic rings. The molecular formula is C16H21F3N2O. The summed E-state index contributed by atoms with van der Waals surface area (Å²) in [7, 11) is 0. The maximum Gasteiger partial charge on any atom is 0.416 e. The van der Waals surface area contributed by atoms with Gasteiger partial charge in [0.2, 0.25) is 0 Å². The molecule has 0 spiro atoms. The van der Waals surface area contributed by atoms with Crippen LogP contribution in [0.25, 0.3) is 0 Å². The summed E-state index contributed by atoms with van der Waals surface area (Å²) in [5.74, 6) is 0. The van der Waals surface area contributed by atoms with E-state index in [4.69, 9.17) is 4.74 Å². The molecule has 22 heavy (non-hydrogen) atoms. The van der Waals surface area contributed by atoms with Gasteiger partial charge in [-0.2, -0.15) is 13.2 Å². The third kappa shape index (κ3) is 3.80. The van der Waals surface area contributed by atoms with E-state index in [1.165, 1.54) is 12.1 Å². The van der Waals surface area contributed by atoms with Gasteiger partial charge in [0.25, 0.3) is 0 Å². The Hall–Kier alpha value is -1.11. The second-order valence-electron chi connectivity index (χ2n) is 6.02. The Morgan fingerprint density at radius 2 is 1.73 bits per heavy atom. The van der Waals surface area contributed by atoms with E-state index in [2.05, 4.69) is 9.80 Å². The standard InChI is InChI=1S/C16H21F3N2O/c17-16(18,19)14-3-1-13(2-4-14)11-20-6-5-15(12-20)21-7-9-22-10-8-21/h1-4,15H,5-12H2/t15-/m0/s1. The molecule has 6 heteroatoms. The molecule has 1 aromatic rings. The molecule has 3 nitrogen and oxygen atoms in total. The van der Waals surface area contributed by atoms with Crippen LogP contribution in [0, 0.1) is 0 Å². The highest BCUT2D eigenvalue weighted by atomic mass is 19.4. The smallest absolute Gasteiger partial charge is 0.379 e. The Morgan fingerprint density at radius 3 is 2.36 bits per heavy atom. The lowest BCUT2D eigenvalue weighted by Gasteiger charge is -2.32. The first-order valence-corrected chi connectivity index (χ1v) is 7.73. The van der Waals surface area contributed by atoms with E-state index in [-0.39, 0.29) is 0 Å². The van der Waals surface area contributed by atoms with Crippen LogP contribution < -0.4 is 0 Å². The first-order chi connectivity index (χ1) is 10.5. The van der Waals surface area contributed by atoms with E-state index in [9.17, 15) is 13.2 Å². The second kappa shape index (κ2) is 6.56. The zero-order valence-corrected chi connectivity index (χ0v) is 12.5. The normalized spacial score (nSPS) is 24.8. The lowest BCUT2D eigenvalue weighted by molar-refractivity contribution is -0.137. The molecule has 2 aliphatic heterocycles. The number of halogens is 3. The molecule has 2 heterocycles. The van der Waals surface area contributed by atoms with Gasteiger partial charge in [0.15, 0.2) is 0 Å². The quantitative estimate of drug-likeness (QED) is 0.853. The van der Waals surface area contributed by atoms with Crippen molar-refractivity contribution in [2.45, 2.75) is 25.2 Å². The third-order valence-corrected chi connectivity index (χ3v) is 4.50.